The van der Waals surface area contributed by atoms with Gasteiger partial charge in [-0.05, 0) is 34.4 Å². The molecule has 1 nitrogen and oxygen atoms in total. The summed E-state index contributed by atoms with van der Waals surface area (Å²) in [6, 6.07) is 27.2. The number of para-hydroxylation sites is 1. The summed E-state index contributed by atoms with van der Waals surface area (Å²) in [6.07, 6.45) is 6.46. The van der Waals surface area contributed by atoms with Gasteiger partial charge in [-0.1, -0.05) is 78.9 Å². The van der Waals surface area contributed by atoms with E-state index in [9.17, 15) is 0 Å². The Morgan fingerprint density at radius 2 is 1.39 bits per heavy atom. The van der Waals surface area contributed by atoms with Crippen molar-refractivity contribution in [2.45, 2.75) is 5.92 Å². The zero-order valence-corrected chi connectivity index (χ0v) is 12.8. The molecule has 0 radical (unpaired) electrons. The molecule has 0 aromatic heterocycles. The molecule has 0 bridgehead atoms. The molecule has 0 amide bonds. The molecule has 1 aliphatic rings. The highest BCUT2D eigenvalue weighted by molar-refractivity contribution is 5.85. The largest absolute Gasteiger partial charge is 0.256 e. The van der Waals surface area contributed by atoms with Gasteiger partial charge in [0.15, 0.2) is 0 Å². The maximum atomic E-state index is 4.62. The first-order valence-electron chi connectivity index (χ1n) is 7.87. The Labute approximate surface area is 136 Å². The van der Waals surface area contributed by atoms with E-state index in [0.29, 0.717) is 5.92 Å². The molecule has 23 heavy (non-hydrogen) atoms. The SMILES string of the molecule is C1=CC(c2ccccc2C=Nc2ccccc2)c2ccccc21. The first-order chi connectivity index (χ1) is 11.4. The molecule has 0 saturated carbocycles. The van der Waals surface area contributed by atoms with Crippen LogP contribution in [0.1, 0.15) is 28.2 Å². The fourth-order valence-electron chi connectivity index (χ4n) is 3.09. The quantitative estimate of drug-likeness (QED) is 0.558. The first kappa shape index (κ1) is 13.7. The topological polar surface area (TPSA) is 12.4 Å². The second-order valence-electron chi connectivity index (χ2n) is 5.69. The molecule has 0 heterocycles. The molecule has 4 rings (SSSR count). The first-order valence-corrected chi connectivity index (χ1v) is 7.87. The van der Waals surface area contributed by atoms with Crippen molar-refractivity contribution in [3.63, 3.8) is 0 Å². The number of nitrogens with zero attached hydrogens (tertiary/aromatic N) is 1. The van der Waals surface area contributed by atoms with Gasteiger partial charge in [-0.15, -0.1) is 0 Å². The summed E-state index contributed by atoms with van der Waals surface area (Å²) in [5, 5.41) is 0. The minimum atomic E-state index is 0.310. The third-order valence-electron chi connectivity index (χ3n) is 4.24. The molecule has 0 saturated heterocycles. The monoisotopic (exact) mass is 295 g/mol. The highest BCUT2D eigenvalue weighted by Gasteiger charge is 2.20. The maximum absolute atomic E-state index is 4.62. The summed E-state index contributed by atoms with van der Waals surface area (Å²) in [5.41, 5.74) is 6.13. The Bertz CT molecular complexity index is 875. The van der Waals surface area contributed by atoms with Crippen LogP contribution >= 0.6 is 0 Å². The Morgan fingerprint density at radius 1 is 0.696 bits per heavy atom. The lowest BCUT2D eigenvalue weighted by Crippen LogP contribution is -2.00. The summed E-state index contributed by atoms with van der Waals surface area (Å²) < 4.78 is 0. The van der Waals surface area contributed by atoms with Crippen LogP contribution in [-0.2, 0) is 0 Å². The molecule has 0 fully saturated rings. The summed E-state index contributed by atoms with van der Waals surface area (Å²) in [4.78, 5) is 4.62. The molecule has 1 atom stereocenters. The molecular weight excluding hydrogens is 278 g/mol. The van der Waals surface area contributed by atoms with Gasteiger partial charge in [0.05, 0.1) is 5.69 Å². The minimum absolute atomic E-state index is 0.310. The molecule has 0 aliphatic heterocycles. The van der Waals surface area contributed by atoms with Gasteiger partial charge < -0.3 is 0 Å². The zero-order chi connectivity index (χ0) is 15.5. The number of benzene rings is 3. The number of fused-ring (bicyclic) bond motifs is 1. The van der Waals surface area contributed by atoms with Gasteiger partial charge in [0.25, 0.3) is 0 Å². The van der Waals surface area contributed by atoms with E-state index in [1.165, 1.54) is 22.3 Å². The summed E-state index contributed by atoms with van der Waals surface area (Å²) >= 11 is 0. The van der Waals surface area contributed by atoms with E-state index in [-0.39, 0.29) is 0 Å². The van der Waals surface area contributed by atoms with Crippen LogP contribution in [0.2, 0.25) is 0 Å². The summed E-state index contributed by atoms with van der Waals surface area (Å²) in [7, 11) is 0. The second kappa shape index (κ2) is 6.05. The molecule has 1 heteroatoms. The Balaban J connectivity index is 1.72. The lowest BCUT2D eigenvalue weighted by atomic mass is 9.90. The molecule has 1 aliphatic carbocycles. The number of hydrogen-bond acceptors (Lipinski definition) is 1. The van der Waals surface area contributed by atoms with E-state index in [2.05, 4.69) is 65.7 Å². The fraction of sp³-hybridized carbons (Fsp3) is 0.0455. The average Bonchev–Trinajstić information content (AvgIpc) is 3.05. The van der Waals surface area contributed by atoms with Crippen molar-refractivity contribution in [1.29, 1.82) is 0 Å². The van der Waals surface area contributed by atoms with E-state index in [1.807, 2.05) is 36.5 Å². The predicted molar refractivity (Wildman–Crippen MR) is 97.5 cm³/mol. The molecule has 110 valence electrons. The van der Waals surface area contributed by atoms with Crippen molar-refractivity contribution in [2.24, 2.45) is 4.99 Å². The summed E-state index contributed by atoms with van der Waals surface area (Å²) in [5.74, 6) is 0.310. The number of hydrogen-bond donors (Lipinski definition) is 0. The molecule has 0 spiro atoms. The lowest BCUT2D eigenvalue weighted by Gasteiger charge is -2.14. The third kappa shape index (κ3) is 2.74. The summed E-state index contributed by atoms with van der Waals surface area (Å²) in [6.45, 7) is 0. The molecule has 0 N–H and O–H groups in total. The third-order valence-corrected chi connectivity index (χ3v) is 4.24. The van der Waals surface area contributed by atoms with Gasteiger partial charge in [-0.25, -0.2) is 0 Å². The van der Waals surface area contributed by atoms with Gasteiger partial charge in [-0.2, -0.15) is 0 Å². The zero-order valence-electron chi connectivity index (χ0n) is 12.8. The van der Waals surface area contributed by atoms with Crippen molar-refractivity contribution in [3.05, 3.63) is 107 Å². The lowest BCUT2D eigenvalue weighted by molar-refractivity contribution is 1.05. The van der Waals surface area contributed by atoms with Crippen molar-refractivity contribution in [3.8, 4) is 0 Å². The van der Waals surface area contributed by atoms with E-state index in [0.717, 1.165) is 5.69 Å². The normalized spacial score (nSPS) is 15.9. The molecular formula is C22H17N. The van der Waals surface area contributed by atoms with Gasteiger partial charge in [0.1, 0.15) is 0 Å². The van der Waals surface area contributed by atoms with Crippen molar-refractivity contribution in [2.75, 3.05) is 0 Å². The highest BCUT2D eigenvalue weighted by Crippen LogP contribution is 2.36. The molecule has 1 unspecified atom stereocenters. The van der Waals surface area contributed by atoms with Crippen LogP contribution in [0.5, 0.6) is 0 Å². The van der Waals surface area contributed by atoms with Crippen LogP contribution < -0.4 is 0 Å². The van der Waals surface area contributed by atoms with Crippen LogP contribution in [0.15, 0.2) is 89.9 Å². The van der Waals surface area contributed by atoms with Gasteiger partial charge >= 0.3 is 0 Å². The van der Waals surface area contributed by atoms with E-state index in [1.54, 1.807) is 0 Å². The van der Waals surface area contributed by atoms with E-state index < -0.39 is 0 Å². The second-order valence-corrected chi connectivity index (χ2v) is 5.69. The highest BCUT2D eigenvalue weighted by atomic mass is 14.7. The van der Waals surface area contributed by atoms with Gasteiger partial charge in [0.2, 0.25) is 0 Å². The minimum Gasteiger partial charge on any atom is -0.256 e. The van der Waals surface area contributed by atoms with Crippen molar-refractivity contribution in [1.82, 2.24) is 0 Å². The van der Waals surface area contributed by atoms with Crippen LogP contribution in [0, 0.1) is 0 Å². The van der Waals surface area contributed by atoms with Crippen LogP contribution in [0.25, 0.3) is 6.08 Å². The number of aliphatic imine (C=N–C) groups is 1. The van der Waals surface area contributed by atoms with Crippen LogP contribution in [0.3, 0.4) is 0 Å². The van der Waals surface area contributed by atoms with Gasteiger partial charge in [-0.3, -0.25) is 4.99 Å². The van der Waals surface area contributed by atoms with E-state index in [4.69, 9.17) is 0 Å². The Kier molecular flexibility index (Phi) is 3.61. The number of allylic oxidation sites excluding steroid dienone is 1. The smallest absolute Gasteiger partial charge is 0.0629 e. The molecule has 3 aromatic carbocycles. The van der Waals surface area contributed by atoms with Crippen LogP contribution in [-0.4, -0.2) is 6.21 Å². The van der Waals surface area contributed by atoms with Gasteiger partial charge in [0, 0.05) is 12.1 Å². The standard InChI is InChI=1S/C22H17N/c1-2-10-19(11-3-1)23-16-18-9-5-7-13-21(18)22-15-14-17-8-4-6-12-20(17)22/h1-16,22H. The van der Waals surface area contributed by atoms with Crippen molar-refractivity contribution >= 4 is 18.0 Å². The Morgan fingerprint density at radius 3 is 2.26 bits per heavy atom. The predicted octanol–water partition coefficient (Wildman–Crippen LogP) is 5.60. The average molecular weight is 295 g/mol. The fourth-order valence-corrected chi connectivity index (χ4v) is 3.09. The Hall–Kier alpha value is -2.93. The number of rotatable bonds is 3. The van der Waals surface area contributed by atoms with E-state index >= 15 is 0 Å². The molecule has 3 aromatic rings. The van der Waals surface area contributed by atoms with Crippen LogP contribution in [0.4, 0.5) is 5.69 Å². The van der Waals surface area contributed by atoms with Crippen molar-refractivity contribution < 1.29 is 0 Å². The maximum Gasteiger partial charge on any atom is 0.0629 e.